The van der Waals surface area contributed by atoms with Crippen LogP contribution in [0.15, 0.2) is 12.1 Å². The van der Waals surface area contributed by atoms with Gasteiger partial charge in [-0.2, -0.15) is 0 Å². The zero-order chi connectivity index (χ0) is 13.5. The molecule has 100 valence electrons. The summed E-state index contributed by atoms with van der Waals surface area (Å²) in [5.41, 5.74) is 8.68. The molecule has 0 fully saturated rings. The summed E-state index contributed by atoms with van der Waals surface area (Å²) >= 11 is 0. The largest absolute Gasteiger partial charge is 0.460 e. The lowest BCUT2D eigenvalue weighted by molar-refractivity contribution is 0.0319. The first-order valence-electron chi connectivity index (χ1n) is 6.17. The number of hydrogen-bond donors (Lipinski definition) is 1. The molecule has 18 heavy (non-hydrogen) atoms. The van der Waals surface area contributed by atoms with Crippen LogP contribution >= 0.6 is 0 Å². The van der Waals surface area contributed by atoms with Gasteiger partial charge in [0.05, 0.1) is 12.2 Å². The van der Waals surface area contributed by atoms with Crippen molar-refractivity contribution < 1.29 is 14.3 Å². The molecule has 1 aromatic carbocycles. The molecule has 4 heteroatoms. The Labute approximate surface area is 108 Å². The van der Waals surface area contributed by atoms with E-state index in [9.17, 15) is 4.79 Å². The number of esters is 1. The normalized spacial score (nSPS) is 10.4. The second kappa shape index (κ2) is 7.01. The first kappa shape index (κ1) is 14.5. The van der Waals surface area contributed by atoms with Crippen molar-refractivity contribution in [2.75, 3.05) is 25.6 Å². The second-order valence-electron chi connectivity index (χ2n) is 4.29. The van der Waals surface area contributed by atoms with Gasteiger partial charge < -0.3 is 15.2 Å². The van der Waals surface area contributed by atoms with Crippen LogP contribution in [0.3, 0.4) is 0 Å². The first-order valence-corrected chi connectivity index (χ1v) is 6.17. The Bertz CT molecular complexity index is 416. The molecule has 0 bridgehead atoms. The van der Waals surface area contributed by atoms with Gasteiger partial charge in [-0.15, -0.1) is 0 Å². The van der Waals surface area contributed by atoms with E-state index in [1.807, 2.05) is 26.8 Å². The van der Waals surface area contributed by atoms with Gasteiger partial charge in [0.15, 0.2) is 0 Å². The molecule has 0 aliphatic rings. The van der Waals surface area contributed by atoms with Crippen LogP contribution in [0.4, 0.5) is 5.69 Å². The Balaban J connectivity index is 2.56. The SMILES string of the molecule is CCCOCCOC(=O)c1cc(C)cc(C)c1N. The molecule has 0 aliphatic carbocycles. The summed E-state index contributed by atoms with van der Waals surface area (Å²) in [6.45, 7) is 7.19. The average Bonchev–Trinajstić information content (AvgIpc) is 2.33. The number of ether oxygens (including phenoxy) is 2. The molecule has 2 N–H and O–H groups in total. The lowest BCUT2D eigenvalue weighted by Gasteiger charge is -2.10. The minimum Gasteiger partial charge on any atom is -0.460 e. The van der Waals surface area contributed by atoms with E-state index in [-0.39, 0.29) is 12.6 Å². The molecule has 0 aromatic heterocycles. The minimum absolute atomic E-state index is 0.255. The fourth-order valence-electron chi connectivity index (χ4n) is 1.67. The van der Waals surface area contributed by atoms with Crippen molar-refractivity contribution in [1.29, 1.82) is 0 Å². The molecule has 0 aliphatic heterocycles. The number of nitrogens with two attached hydrogens (primary N) is 1. The van der Waals surface area contributed by atoms with Crippen LogP contribution in [0.5, 0.6) is 0 Å². The lowest BCUT2D eigenvalue weighted by atomic mass is 10.0. The van der Waals surface area contributed by atoms with Crippen molar-refractivity contribution in [3.63, 3.8) is 0 Å². The molecule has 0 spiro atoms. The third-order valence-corrected chi connectivity index (χ3v) is 2.56. The highest BCUT2D eigenvalue weighted by molar-refractivity contribution is 5.96. The van der Waals surface area contributed by atoms with Crippen LogP contribution < -0.4 is 5.73 Å². The van der Waals surface area contributed by atoms with E-state index in [0.29, 0.717) is 24.5 Å². The molecule has 4 nitrogen and oxygen atoms in total. The maximum Gasteiger partial charge on any atom is 0.340 e. The third kappa shape index (κ3) is 4.04. The standard InChI is InChI=1S/C14H21NO3/c1-4-5-17-6-7-18-14(16)12-9-10(2)8-11(3)13(12)15/h8-9H,4-7,15H2,1-3H3. The molecule has 0 unspecified atom stereocenters. The number of aryl methyl sites for hydroxylation is 2. The molecular weight excluding hydrogens is 230 g/mol. The van der Waals surface area contributed by atoms with E-state index < -0.39 is 0 Å². The lowest BCUT2D eigenvalue weighted by Crippen LogP contribution is -2.13. The predicted octanol–water partition coefficient (Wildman–Crippen LogP) is 2.47. The van der Waals surface area contributed by atoms with Gasteiger partial charge in [-0.05, 0) is 37.5 Å². The highest BCUT2D eigenvalue weighted by Gasteiger charge is 2.13. The molecular formula is C14H21NO3. The fraction of sp³-hybridized carbons (Fsp3) is 0.500. The molecule has 0 amide bonds. The maximum absolute atomic E-state index is 11.8. The van der Waals surface area contributed by atoms with E-state index in [0.717, 1.165) is 17.5 Å². The Kier molecular flexibility index (Phi) is 5.65. The molecule has 0 saturated carbocycles. The number of benzene rings is 1. The Morgan fingerprint density at radius 3 is 2.61 bits per heavy atom. The third-order valence-electron chi connectivity index (χ3n) is 2.56. The van der Waals surface area contributed by atoms with Crippen molar-refractivity contribution in [1.82, 2.24) is 0 Å². The van der Waals surface area contributed by atoms with Crippen molar-refractivity contribution in [2.45, 2.75) is 27.2 Å². The number of rotatable bonds is 6. The zero-order valence-corrected chi connectivity index (χ0v) is 11.3. The second-order valence-corrected chi connectivity index (χ2v) is 4.29. The summed E-state index contributed by atoms with van der Waals surface area (Å²) in [7, 11) is 0. The Morgan fingerprint density at radius 1 is 1.22 bits per heavy atom. The molecule has 1 rings (SSSR count). The van der Waals surface area contributed by atoms with Gasteiger partial charge in [0.25, 0.3) is 0 Å². The number of nitrogen functional groups attached to an aromatic ring is 1. The van der Waals surface area contributed by atoms with Crippen LogP contribution in [0.25, 0.3) is 0 Å². The average molecular weight is 251 g/mol. The fourth-order valence-corrected chi connectivity index (χ4v) is 1.67. The molecule has 0 atom stereocenters. The summed E-state index contributed by atoms with van der Waals surface area (Å²) in [5.74, 6) is -0.389. The van der Waals surface area contributed by atoms with Gasteiger partial charge in [-0.25, -0.2) is 4.79 Å². The summed E-state index contributed by atoms with van der Waals surface area (Å²) in [5, 5.41) is 0. The summed E-state index contributed by atoms with van der Waals surface area (Å²) in [6.07, 6.45) is 0.956. The van der Waals surface area contributed by atoms with Gasteiger partial charge in [0.2, 0.25) is 0 Å². The van der Waals surface area contributed by atoms with Gasteiger partial charge in [-0.3, -0.25) is 0 Å². The molecule has 0 heterocycles. The number of hydrogen-bond acceptors (Lipinski definition) is 4. The maximum atomic E-state index is 11.8. The van der Waals surface area contributed by atoms with Crippen LogP contribution in [0, 0.1) is 13.8 Å². The Hall–Kier alpha value is -1.55. The molecule has 0 saturated heterocycles. The zero-order valence-electron chi connectivity index (χ0n) is 11.3. The first-order chi connectivity index (χ1) is 8.56. The molecule has 0 radical (unpaired) electrons. The van der Waals surface area contributed by atoms with Crippen LogP contribution in [-0.4, -0.2) is 25.8 Å². The topological polar surface area (TPSA) is 61.5 Å². The van der Waals surface area contributed by atoms with E-state index in [1.54, 1.807) is 6.07 Å². The van der Waals surface area contributed by atoms with Crippen molar-refractivity contribution in [3.8, 4) is 0 Å². The number of anilines is 1. The van der Waals surface area contributed by atoms with Gasteiger partial charge in [0, 0.05) is 12.3 Å². The van der Waals surface area contributed by atoms with Gasteiger partial charge in [0.1, 0.15) is 6.61 Å². The molecule has 1 aromatic rings. The number of carbonyl (C=O) groups excluding carboxylic acids is 1. The predicted molar refractivity (Wildman–Crippen MR) is 71.7 cm³/mol. The van der Waals surface area contributed by atoms with Crippen LogP contribution in [0.1, 0.15) is 34.8 Å². The van der Waals surface area contributed by atoms with E-state index in [4.69, 9.17) is 15.2 Å². The van der Waals surface area contributed by atoms with Crippen molar-refractivity contribution >= 4 is 11.7 Å². The van der Waals surface area contributed by atoms with Crippen molar-refractivity contribution in [2.24, 2.45) is 0 Å². The highest BCUT2D eigenvalue weighted by atomic mass is 16.6. The van der Waals surface area contributed by atoms with E-state index in [1.165, 1.54) is 0 Å². The van der Waals surface area contributed by atoms with Gasteiger partial charge in [-0.1, -0.05) is 13.0 Å². The quantitative estimate of drug-likeness (QED) is 0.479. The van der Waals surface area contributed by atoms with Crippen LogP contribution in [0.2, 0.25) is 0 Å². The summed E-state index contributed by atoms with van der Waals surface area (Å²) in [6, 6.07) is 3.69. The summed E-state index contributed by atoms with van der Waals surface area (Å²) in [4.78, 5) is 11.8. The number of carbonyl (C=O) groups is 1. The smallest absolute Gasteiger partial charge is 0.340 e. The highest BCUT2D eigenvalue weighted by Crippen LogP contribution is 2.20. The summed E-state index contributed by atoms with van der Waals surface area (Å²) < 4.78 is 10.4. The van der Waals surface area contributed by atoms with Crippen LogP contribution in [-0.2, 0) is 9.47 Å². The van der Waals surface area contributed by atoms with E-state index >= 15 is 0 Å². The monoisotopic (exact) mass is 251 g/mol. The van der Waals surface area contributed by atoms with Gasteiger partial charge >= 0.3 is 5.97 Å². The Morgan fingerprint density at radius 2 is 1.94 bits per heavy atom. The minimum atomic E-state index is -0.389. The van der Waals surface area contributed by atoms with E-state index in [2.05, 4.69) is 0 Å². The van der Waals surface area contributed by atoms with Crippen molar-refractivity contribution in [3.05, 3.63) is 28.8 Å².